The Labute approximate surface area is 114 Å². The zero-order valence-electron chi connectivity index (χ0n) is 11.8. The lowest BCUT2D eigenvalue weighted by atomic mass is 10.1. The second-order valence-electron chi connectivity index (χ2n) is 5.52. The number of likely N-dealkylation sites (tertiary alicyclic amines) is 1. The van der Waals surface area contributed by atoms with Gasteiger partial charge in [-0.3, -0.25) is 4.79 Å². The maximum absolute atomic E-state index is 13.1. The number of hydrogen-bond donors (Lipinski definition) is 0. The largest absolute Gasteiger partial charge is 0.334 e. The molecule has 0 aliphatic carbocycles. The molecule has 1 heterocycles. The molecule has 1 aromatic rings. The van der Waals surface area contributed by atoms with Crippen molar-refractivity contribution in [3.8, 4) is 0 Å². The van der Waals surface area contributed by atoms with E-state index in [1.54, 1.807) is 13.0 Å². The third kappa shape index (κ3) is 3.13. The van der Waals surface area contributed by atoms with E-state index in [2.05, 4.69) is 4.90 Å². The molecule has 3 nitrogen and oxygen atoms in total. The number of carbonyl (C=O) groups excluding carboxylic acids is 1. The highest BCUT2D eigenvalue weighted by molar-refractivity contribution is 5.96. The van der Waals surface area contributed by atoms with Crippen molar-refractivity contribution in [3.63, 3.8) is 0 Å². The molecule has 0 N–H and O–H groups in total. The van der Waals surface area contributed by atoms with Gasteiger partial charge in [0.1, 0.15) is 5.82 Å². The molecule has 104 valence electrons. The summed E-state index contributed by atoms with van der Waals surface area (Å²) in [6.07, 6.45) is 2.09. The number of rotatable bonds is 3. The summed E-state index contributed by atoms with van der Waals surface area (Å²) in [5, 5.41) is 0. The summed E-state index contributed by atoms with van der Waals surface area (Å²) >= 11 is 0. The van der Waals surface area contributed by atoms with Crippen LogP contribution in [0, 0.1) is 12.7 Å². The summed E-state index contributed by atoms with van der Waals surface area (Å²) in [5.74, 6) is -0.262. The molecule has 1 aliphatic heterocycles. The van der Waals surface area contributed by atoms with Crippen molar-refractivity contribution >= 4 is 5.91 Å². The van der Waals surface area contributed by atoms with Crippen LogP contribution in [-0.4, -0.2) is 48.9 Å². The molecular weight excluding hydrogens is 243 g/mol. The van der Waals surface area contributed by atoms with Crippen LogP contribution >= 0.6 is 0 Å². The second-order valence-corrected chi connectivity index (χ2v) is 5.52. The topological polar surface area (TPSA) is 23.6 Å². The van der Waals surface area contributed by atoms with Crippen molar-refractivity contribution in [1.82, 2.24) is 9.80 Å². The number of hydrogen-bond acceptors (Lipinski definition) is 2. The molecule has 1 fully saturated rings. The lowest BCUT2D eigenvalue weighted by Crippen LogP contribution is -2.41. The van der Waals surface area contributed by atoms with Gasteiger partial charge in [0.2, 0.25) is 0 Å². The molecular formula is C15H21FN2O. The number of halogens is 1. The van der Waals surface area contributed by atoms with Crippen LogP contribution in [0.4, 0.5) is 4.39 Å². The van der Waals surface area contributed by atoms with Crippen molar-refractivity contribution in [2.24, 2.45) is 0 Å². The zero-order valence-corrected chi connectivity index (χ0v) is 11.8. The van der Waals surface area contributed by atoms with Crippen LogP contribution in [0.1, 0.15) is 28.8 Å². The quantitative estimate of drug-likeness (QED) is 0.836. The maximum atomic E-state index is 13.1. The van der Waals surface area contributed by atoms with E-state index in [0.29, 0.717) is 11.1 Å². The Morgan fingerprint density at radius 3 is 2.84 bits per heavy atom. The number of likely N-dealkylation sites (N-methyl/N-ethyl adjacent to an activating group) is 1. The first-order chi connectivity index (χ1) is 8.99. The maximum Gasteiger partial charge on any atom is 0.254 e. The van der Waals surface area contributed by atoms with E-state index in [1.165, 1.54) is 12.1 Å². The van der Waals surface area contributed by atoms with E-state index in [9.17, 15) is 9.18 Å². The van der Waals surface area contributed by atoms with E-state index in [4.69, 9.17) is 0 Å². The van der Waals surface area contributed by atoms with Crippen LogP contribution in [0.3, 0.4) is 0 Å². The molecule has 0 radical (unpaired) electrons. The van der Waals surface area contributed by atoms with Gasteiger partial charge < -0.3 is 9.80 Å². The van der Waals surface area contributed by atoms with Crippen LogP contribution < -0.4 is 0 Å². The molecule has 0 spiro atoms. The monoisotopic (exact) mass is 264 g/mol. The Hall–Kier alpha value is -1.42. The lowest BCUT2D eigenvalue weighted by molar-refractivity contribution is 0.0715. The minimum atomic E-state index is -0.291. The van der Waals surface area contributed by atoms with Gasteiger partial charge >= 0.3 is 0 Å². The van der Waals surface area contributed by atoms with Gasteiger partial charge in [-0.1, -0.05) is 0 Å². The average molecular weight is 264 g/mol. The van der Waals surface area contributed by atoms with E-state index in [-0.39, 0.29) is 17.8 Å². The Morgan fingerprint density at radius 1 is 1.47 bits per heavy atom. The molecule has 1 amide bonds. The van der Waals surface area contributed by atoms with Crippen LogP contribution in [0.2, 0.25) is 0 Å². The summed E-state index contributed by atoms with van der Waals surface area (Å²) in [7, 11) is 4.04. The Morgan fingerprint density at radius 2 is 2.21 bits per heavy atom. The van der Waals surface area contributed by atoms with Gasteiger partial charge in [0, 0.05) is 24.7 Å². The standard InChI is InChI=1S/C15H21FN2O/c1-11-9-12(16)6-7-14(11)15(19)18-8-4-5-13(18)10-17(2)3/h6-7,9,13H,4-5,8,10H2,1-3H3. The summed E-state index contributed by atoms with van der Waals surface area (Å²) in [6, 6.07) is 4.64. The fourth-order valence-corrected chi connectivity index (χ4v) is 2.74. The first-order valence-corrected chi connectivity index (χ1v) is 6.71. The molecule has 1 aromatic carbocycles. The normalized spacial score (nSPS) is 19.2. The smallest absolute Gasteiger partial charge is 0.254 e. The highest BCUT2D eigenvalue weighted by Gasteiger charge is 2.30. The number of nitrogens with zero attached hydrogens (tertiary/aromatic N) is 2. The van der Waals surface area contributed by atoms with Gasteiger partial charge in [-0.2, -0.15) is 0 Å². The van der Waals surface area contributed by atoms with Gasteiger partial charge in [0.15, 0.2) is 0 Å². The number of carbonyl (C=O) groups is 1. The van der Waals surface area contributed by atoms with Crippen LogP contribution in [0.5, 0.6) is 0 Å². The number of aryl methyl sites for hydroxylation is 1. The SMILES string of the molecule is Cc1cc(F)ccc1C(=O)N1CCCC1CN(C)C. The van der Waals surface area contributed by atoms with Crippen LogP contribution in [-0.2, 0) is 0 Å². The van der Waals surface area contributed by atoms with Gasteiger partial charge in [-0.15, -0.1) is 0 Å². The molecule has 1 aliphatic rings. The molecule has 0 saturated carbocycles. The average Bonchev–Trinajstić information content (AvgIpc) is 2.75. The highest BCUT2D eigenvalue weighted by atomic mass is 19.1. The third-order valence-corrected chi connectivity index (χ3v) is 3.63. The lowest BCUT2D eigenvalue weighted by Gasteiger charge is -2.27. The van der Waals surface area contributed by atoms with Gasteiger partial charge in [0.05, 0.1) is 0 Å². The van der Waals surface area contributed by atoms with Crippen LogP contribution in [0.25, 0.3) is 0 Å². The van der Waals surface area contributed by atoms with Crippen molar-refractivity contribution in [3.05, 3.63) is 35.1 Å². The summed E-state index contributed by atoms with van der Waals surface area (Å²) in [6.45, 7) is 3.47. The van der Waals surface area contributed by atoms with Crippen molar-refractivity contribution in [2.75, 3.05) is 27.2 Å². The van der Waals surface area contributed by atoms with Gasteiger partial charge in [0.25, 0.3) is 5.91 Å². The number of amides is 1. The first kappa shape index (κ1) is 14.0. The van der Waals surface area contributed by atoms with Crippen LogP contribution in [0.15, 0.2) is 18.2 Å². The molecule has 19 heavy (non-hydrogen) atoms. The van der Waals surface area contributed by atoms with Crippen molar-refractivity contribution < 1.29 is 9.18 Å². The number of benzene rings is 1. The van der Waals surface area contributed by atoms with Gasteiger partial charge in [-0.25, -0.2) is 4.39 Å². The Kier molecular flexibility index (Phi) is 4.20. The molecule has 1 atom stereocenters. The van der Waals surface area contributed by atoms with E-state index < -0.39 is 0 Å². The zero-order chi connectivity index (χ0) is 14.0. The third-order valence-electron chi connectivity index (χ3n) is 3.63. The minimum absolute atomic E-state index is 0.0295. The predicted octanol–water partition coefficient (Wildman–Crippen LogP) is 2.30. The molecule has 4 heteroatoms. The molecule has 1 unspecified atom stereocenters. The van der Waals surface area contributed by atoms with E-state index >= 15 is 0 Å². The van der Waals surface area contributed by atoms with Crippen molar-refractivity contribution in [1.29, 1.82) is 0 Å². The molecule has 0 aromatic heterocycles. The predicted molar refractivity (Wildman–Crippen MR) is 73.7 cm³/mol. The fraction of sp³-hybridized carbons (Fsp3) is 0.533. The van der Waals surface area contributed by atoms with E-state index in [0.717, 1.165) is 25.9 Å². The summed E-state index contributed by atoms with van der Waals surface area (Å²) in [4.78, 5) is 16.6. The Bertz CT molecular complexity index is 473. The summed E-state index contributed by atoms with van der Waals surface area (Å²) < 4.78 is 13.1. The molecule has 1 saturated heterocycles. The minimum Gasteiger partial charge on any atom is -0.334 e. The highest BCUT2D eigenvalue weighted by Crippen LogP contribution is 2.22. The second kappa shape index (κ2) is 5.70. The first-order valence-electron chi connectivity index (χ1n) is 6.71. The van der Waals surface area contributed by atoms with Gasteiger partial charge in [-0.05, 0) is 57.6 Å². The Balaban J connectivity index is 2.18. The van der Waals surface area contributed by atoms with Crippen molar-refractivity contribution in [2.45, 2.75) is 25.8 Å². The molecule has 2 rings (SSSR count). The van der Waals surface area contributed by atoms with E-state index in [1.807, 2.05) is 19.0 Å². The fourth-order valence-electron chi connectivity index (χ4n) is 2.74. The molecule has 0 bridgehead atoms. The summed E-state index contributed by atoms with van der Waals surface area (Å²) in [5.41, 5.74) is 1.33.